The molecule has 0 aliphatic carbocycles. The highest BCUT2D eigenvalue weighted by molar-refractivity contribution is 6.35. The van der Waals surface area contributed by atoms with Gasteiger partial charge in [-0.3, -0.25) is 0 Å². The molecule has 0 aliphatic rings. The molecule has 0 saturated carbocycles. The lowest BCUT2D eigenvalue weighted by Gasteiger charge is -2.19. The van der Waals surface area contributed by atoms with E-state index in [0.29, 0.717) is 5.02 Å². The van der Waals surface area contributed by atoms with E-state index in [2.05, 4.69) is 41.5 Å². The molecule has 0 N–H and O–H groups in total. The van der Waals surface area contributed by atoms with E-state index in [1.165, 1.54) is 11.1 Å². The Kier molecular flexibility index (Phi) is 11.0. The maximum Gasteiger partial charge on any atom is 0.123 e. The molecule has 0 fully saturated rings. The predicted molar refractivity (Wildman–Crippen MR) is 128 cm³/mol. The van der Waals surface area contributed by atoms with Gasteiger partial charge in [-0.2, -0.15) is 0 Å². The minimum atomic E-state index is 0. The first-order chi connectivity index (χ1) is 12.3. The van der Waals surface area contributed by atoms with Crippen LogP contribution in [0.2, 0.25) is 15.1 Å². The molecular formula is C24H35Cl3O. The summed E-state index contributed by atoms with van der Waals surface area (Å²) in [6, 6.07) is 11.5. The number of hydrogen-bond acceptors (Lipinski definition) is 1. The molecule has 4 heteroatoms. The van der Waals surface area contributed by atoms with E-state index in [9.17, 15) is 0 Å². The topological polar surface area (TPSA) is 9.23 Å². The first-order valence-corrected chi connectivity index (χ1v) is 10.2. The van der Waals surface area contributed by atoms with Crippen LogP contribution in [0.3, 0.4) is 0 Å². The fourth-order valence-corrected chi connectivity index (χ4v) is 3.31. The molecule has 2 rings (SSSR count). The molecule has 0 aliphatic heterocycles. The summed E-state index contributed by atoms with van der Waals surface area (Å²) < 4.78 is 5.29. The van der Waals surface area contributed by atoms with Gasteiger partial charge in [0, 0.05) is 15.1 Å². The largest absolute Gasteiger partial charge is 0.496 e. The van der Waals surface area contributed by atoms with Crippen LogP contribution in [-0.2, 0) is 12.8 Å². The van der Waals surface area contributed by atoms with Crippen molar-refractivity contribution < 1.29 is 4.74 Å². The van der Waals surface area contributed by atoms with Crippen LogP contribution in [0.1, 0.15) is 60.1 Å². The number of methoxy groups -OCH3 is 1. The molecule has 0 spiro atoms. The van der Waals surface area contributed by atoms with E-state index in [4.69, 9.17) is 39.5 Å². The highest BCUT2D eigenvalue weighted by Gasteiger charge is 2.15. The second kappa shape index (κ2) is 11.3. The fraction of sp³-hybridized carbons (Fsp3) is 0.500. The zero-order valence-corrected chi connectivity index (χ0v) is 19.7. The van der Waals surface area contributed by atoms with Gasteiger partial charge in [0.15, 0.2) is 0 Å². The lowest BCUT2D eigenvalue weighted by molar-refractivity contribution is 0.379. The van der Waals surface area contributed by atoms with Crippen LogP contribution < -0.4 is 4.74 Å². The second-order valence-electron chi connectivity index (χ2n) is 9.17. The van der Waals surface area contributed by atoms with Crippen molar-refractivity contribution in [3.63, 3.8) is 0 Å². The van der Waals surface area contributed by atoms with Gasteiger partial charge in [0.05, 0.1) is 7.11 Å². The zero-order chi connectivity index (χ0) is 20.8. The second-order valence-corrected chi connectivity index (χ2v) is 10.4. The maximum absolute atomic E-state index is 6.05. The van der Waals surface area contributed by atoms with Crippen molar-refractivity contribution in [3.8, 4) is 5.75 Å². The maximum atomic E-state index is 6.05. The van der Waals surface area contributed by atoms with Crippen LogP contribution >= 0.6 is 34.8 Å². The molecule has 28 heavy (non-hydrogen) atoms. The Morgan fingerprint density at radius 1 is 0.714 bits per heavy atom. The van der Waals surface area contributed by atoms with E-state index in [1.54, 1.807) is 13.2 Å². The summed E-state index contributed by atoms with van der Waals surface area (Å²) in [7, 11) is 1.68. The van der Waals surface area contributed by atoms with Gasteiger partial charge in [0.25, 0.3) is 0 Å². The zero-order valence-electron chi connectivity index (χ0n) is 17.4. The standard InChI is InChI=1S/C12H17ClO.C11H14Cl2.CH4/c1-12(2,3)8-9-5-6-10(13)7-11(9)14-4;1-11(2,3)7-8-4-5-9(12)6-10(8)13;/h5-7H,8H2,1-4H3;4-6H,7H2,1-3H3;1H4. The normalized spacial score (nSPS) is 11.2. The molecule has 0 atom stereocenters. The van der Waals surface area contributed by atoms with Gasteiger partial charge in [0.1, 0.15) is 5.75 Å². The van der Waals surface area contributed by atoms with E-state index in [1.807, 2.05) is 30.3 Å². The Morgan fingerprint density at radius 2 is 1.14 bits per heavy atom. The van der Waals surface area contributed by atoms with Crippen LogP contribution in [0.4, 0.5) is 0 Å². The number of benzene rings is 2. The average Bonchev–Trinajstić information content (AvgIpc) is 2.50. The molecule has 0 unspecified atom stereocenters. The van der Waals surface area contributed by atoms with Crippen molar-refractivity contribution >= 4 is 34.8 Å². The minimum absolute atomic E-state index is 0. The number of halogens is 3. The smallest absolute Gasteiger partial charge is 0.123 e. The third-order valence-electron chi connectivity index (χ3n) is 3.71. The molecule has 0 saturated heterocycles. The molecule has 2 aromatic carbocycles. The van der Waals surface area contributed by atoms with Crippen LogP contribution in [0, 0.1) is 10.8 Å². The lowest BCUT2D eigenvalue weighted by Crippen LogP contribution is -2.10. The number of ether oxygens (including phenoxy) is 1. The summed E-state index contributed by atoms with van der Waals surface area (Å²) in [5, 5.41) is 2.18. The summed E-state index contributed by atoms with van der Waals surface area (Å²) >= 11 is 17.7. The summed E-state index contributed by atoms with van der Waals surface area (Å²) in [5.41, 5.74) is 2.90. The summed E-state index contributed by atoms with van der Waals surface area (Å²) in [6.07, 6.45) is 1.97. The Balaban J connectivity index is 0.000000504. The van der Waals surface area contributed by atoms with Crippen LogP contribution in [0.15, 0.2) is 36.4 Å². The SMILES string of the molecule is C.CC(C)(C)Cc1ccc(Cl)cc1Cl.COc1cc(Cl)ccc1CC(C)(C)C. The number of rotatable bonds is 3. The van der Waals surface area contributed by atoms with Gasteiger partial charge < -0.3 is 4.74 Å². The molecular weight excluding hydrogens is 411 g/mol. The minimum Gasteiger partial charge on any atom is -0.496 e. The van der Waals surface area contributed by atoms with E-state index < -0.39 is 0 Å². The van der Waals surface area contributed by atoms with Crippen LogP contribution in [0.25, 0.3) is 0 Å². The Bertz CT molecular complexity index is 740. The monoisotopic (exact) mass is 444 g/mol. The Hall–Kier alpha value is -0.890. The van der Waals surface area contributed by atoms with Crippen molar-refractivity contribution in [1.29, 1.82) is 0 Å². The molecule has 2 aromatic rings. The third-order valence-corrected chi connectivity index (χ3v) is 4.53. The van der Waals surface area contributed by atoms with Crippen molar-refractivity contribution in [2.45, 2.75) is 61.8 Å². The summed E-state index contributed by atoms with van der Waals surface area (Å²) in [5.74, 6) is 0.882. The van der Waals surface area contributed by atoms with Crippen molar-refractivity contribution in [2.75, 3.05) is 7.11 Å². The van der Waals surface area contributed by atoms with Crippen molar-refractivity contribution in [2.24, 2.45) is 10.8 Å². The number of hydrogen-bond donors (Lipinski definition) is 0. The van der Waals surface area contributed by atoms with Crippen LogP contribution in [0.5, 0.6) is 5.75 Å². The molecule has 0 heterocycles. The van der Waals surface area contributed by atoms with Gasteiger partial charge >= 0.3 is 0 Å². The van der Waals surface area contributed by atoms with Crippen LogP contribution in [-0.4, -0.2) is 7.11 Å². The first kappa shape index (κ1) is 27.1. The van der Waals surface area contributed by atoms with E-state index in [-0.39, 0.29) is 18.3 Å². The van der Waals surface area contributed by atoms with Gasteiger partial charge in [0.2, 0.25) is 0 Å². The Morgan fingerprint density at radius 3 is 1.57 bits per heavy atom. The first-order valence-electron chi connectivity index (χ1n) is 9.07. The quantitative estimate of drug-likeness (QED) is 0.457. The van der Waals surface area contributed by atoms with Crippen molar-refractivity contribution in [3.05, 3.63) is 62.6 Å². The molecule has 158 valence electrons. The average molecular weight is 446 g/mol. The van der Waals surface area contributed by atoms with E-state index in [0.717, 1.165) is 28.6 Å². The molecule has 0 bridgehead atoms. The summed E-state index contributed by atoms with van der Waals surface area (Å²) in [6.45, 7) is 13.2. The van der Waals surface area contributed by atoms with Gasteiger partial charge in [-0.05, 0) is 59.1 Å². The van der Waals surface area contributed by atoms with Gasteiger partial charge in [-0.15, -0.1) is 0 Å². The lowest BCUT2D eigenvalue weighted by atomic mass is 9.88. The Labute approximate surface area is 187 Å². The third kappa shape index (κ3) is 10.6. The van der Waals surface area contributed by atoms with E-state index >= 15 is 0 Å². The van der Waals surface area contributed by atoms with Gasteiger partial charge in [-0.1, -0.05) is 95.9 Å². The fourth-order valence-electron chi connectivity index (χ4n) is 2.67. The highest BCUT2D eigenvalue weighted by atomic mass is 35.5. The highest BCUT2D eigenvalue weighted by Crippen LogP contribution is 2.30. The molecule has 1 nitrogen and oxygen atoms in total. The molecule has 0 amide bonds. The molecule has 0 radical (unpaired) electrons. The van der Waals surface area contributed by atoms with Crippen molar-refractivity contribution in [1.82, 2.24) is 0 Å². The van der Waals surface area contributed by atoms with Gasteiger partial charge in [-0.25, -0.2) is 0 Å². The molecule has 0 aromatic heterocycles. The summed E-state index contributed by atoms with van der Waals surface area (Å²) in [4.78, 5) is 0. The predicted octanol–water partition coefficient (Wildman–Crippen LogP) is 9.16.